The zero-order valence-corrected chi connectivity index (χ0v) is 15.1. The van der Waals surface area contributed by atoms with E-state index < -0.39 is 10.0 Å². The highest BCUT2D eigenvalue weighted by molar-refractivity contribution is 9.11. The van der Waals surface area contributed by atoms with Crippen molar-refractivity contribution in [3.8, 4) is 0 Å². The topological polar surface area (TPSA) is 49.4 Å². The Morgan fingerprint density at radius 3 is 2.60 bits per heavy atom. The number of sulfonamides is 1. The zero-order valence-electron chi connectivity index (χ0n) is 11.9. The van der Waals surface area contributed by atoms with Gasteiger partial charge in [0, 0.05) is 13.1 Å². The molecular formula is C13H21BrN2O2S2. The molecule has 1 fully saturated rings. The van der Waals surface area contributed by atoms with E-state index in [-0.39, 0.29) is 0 Å². The third-order valence-electron chi connectivity index (χ3n) is 3.70. The Kier molecular flexibility index (Phi) is 5.64. The molecule has 0 spiro atoms. The van der Waals surface area contributed by atoms with Gasteiger partial charge in [-0.05, 0) is 66.3 Å². The van der Waals surface area contributed by atoms with Gasteiger partial charge in [0.25, 0.3) is 10.0 Å². The Morgan fingerprint density at radius 2 is 2.10 bits per heavy atom. The summed E-state index contributed by atoms with van der Waals surface area (Å²) < 4.78 is 28.4. The molecule has 0 saturated carbocycles. The third kappa shape index (κ3) is 3.62. The van der Waals surface area contributed by atoms with Crippen LogP contribution in [0.25, 0.3) is 0 Å². The number of nitrogens with zero attached hydrogens (tertiary/aromatic N) is 1. The normalized spacial score (nSPS) is 17.8. The predicted octanol–water partition coefficient (Wildman–Crippen LogP) is 2.83. The Bertz CT molecular complexity index is 531. The molecular weight excluding hydrogens is 360 g/mol. The smallest absolute Gasteiger partial charge is 0.252 e. The van der Waals surface area contributed by atoms with E-state index in [0.29, 0.717) is 23.2 Å². The minimum Gasteiger partial charge on any atom is -0.317 e. The summed E-state index contributed by atoms with van der Waals surface area (Å²) in [6.07, 6.45) is 2.11. The van der Waals surface area contributed by atoms with Gasteiger partial charge in [-0.1, -0.05) is 6.92 Å². The zero-order chi connectivity index (χ0) is 14.8. The summed E-state index contributed by atoms with van der Waals surface area (Å²) in [6, 6.07) is 1.76. The number of rotatable bonds is 5. The lowest BCUT2D eigenvalue weighted by Crippen LogP contribution is -2.39. The highest BCUT2D eigenvalue weighted by Gasteiger charge is 2.28. The largest absolute Gasteiger partial charge is 0.317 e. The van der Waals surface area contributed by atoms with Gasteiger partial charge >= 0.3 is 0 Å². The summed E-state index contributed by atoms with van der Waals surface area (Å²) in [6.45, 7) is 6.98. The van der Waals surface area contributed by atoms with Crippen molar-refractivity contribution in [1.82, 2.24) is 9.62 Å². The number of aryl methyl sites for hydroxylation is 1. The first-order valence-electron chi connectivity index (χ1n) is 6.92. The highest BCUT2D eigenvalue weighted by atomic mass is 79.9. The van der Waals surface area contributed by atoms with E-state index in [1.807, 2.05) is 13.8 Å². The van der Waals surface area contributed by atoms with Crippen LogP contribution in [0.5, 0.6) is 0 Å². The molecule has 0 unspecified atom stereocenters. The quantitative estimate of drug-likeness (QED) is 0.853. The van der Waals surface area contributed by atoms with E-state index in [1.54, 1.807) is 10.4 Å². The first kappa shape index (κ1) is 16.4. The molecule has 20 heavy (non-hydrogen) atoms. The summed E-state index contributed by atoms with van der Waals surface area (Å²) in [4.78, 5) is 0. The van der Waals surface area contributed by atoms with Gasteiger partial charge in [-0.3, -0.25) is 0 Å². The maximum absolute atomic E-state index is 12.7. The van der Waals surface area contributed by atoms with Crippen molar-refractivity contribution < 1.29 is 8.42 Å². The first-order chi connectivity index (χ1) is 9.45. The monoisotopic (exact) mass is 380 g/mol. The molecule has 0 atom stereocenters. The van der Waals surface area contributed by atoms with Gasteiger partial charge in [-0.25, -0.2) is 8.42 Å². The standard InChI is InChI=1S/C13H21BrN2O2S2/c1-3-16(9-11-4-6-15-7-5-11)20(17,18)12-8-10(2)13(14)19-12/h8,11,15H,3-7,9H2,1-2H3. The number of nitrogens with one attached hydrogen (secondary N) is 1. The second-order valence-corrected chi connectivity index (χ2v) is 9.71. The number of hydrogen-bond donors (Lipinski definition) is 1. The van der Waals surface area contributed by atoms with Gasteiger partial charge in [0.2, 0.25) is 0 Å². The molecule has 0 amide bonds. The van der Waals surface area contributed by atoms with E-state index in [2.05, 4.69) is 21.2 Å². The fourth-order valence-corrected chi connectivity index (χ4v) is 6.34. The molecule has 1 aliphatic rings. The average molecular weight is 381 g/mol. The molecule has 0 bridgehead atoms. The number of hydrogen-bond acceptors (Lipinski definition) is 4. The molecule has 1 saturated heterocycles. The van der Waals surface area contributed by atoms with Gasteiger partial charge in [-0.15, -0.1) is 11.3 Å². The Labute approximate surface area is 133 Å². The summed E-state index contributed by atoms with van der Waals surface area (Å²) in [5.41, 5.74) is 0.978. The Hall–Kier alpha value is 0.0500. The molecule has 0 radical (unpaired) electrons. The van der Waals surface area contributed by atoms with Crippen LogP contribution in [0.3, 0.4) is 0 Å². The molecule has 1 aliphatic heterocycles. The lowest BCUT2D eigenvalue weighted by Gasteiger charge is -2.28. The number of piperidine rings is 1. The van der Waals surface area contributed by atoms with Crippen molar-refractivity contribution in [2.24, 2.45) is 5.92 Å². The molecule has 0 aliphatic carbocycles. The van der Waals surface area contributed by atoms with Gasteiger partial charge in [0.05, 0.1) is 3.79 Å². The number of thiophene rings is 1. The molecule has 0 aromatic carbocycles. The van der Waals surface area contributed by atoms with Gasteiger partial charge in [0.15, 0.2) is 0 Å². The van der Waals surface area contributed by atoms with Crippen LogP contribution in [0, 0.1) is 12.8 Å². The average Bonchev–Trinajstić information content (AvgIpc) is 2.78. The highest BCUT2D eigenvalue weighted by Crippen LogP contribution is 2.32. The van der Waals surface area contributed by atoms with Gasteiger partial charge < -0.3 is 5.32 Å². The van der Waals surface area contributed by atoms with Gasteiger partial charge in [-0.2, -0.15) is 4.31 Å². The van der Waals surface area contributed by atoms with Crippen LogP contribution in [0.2, 0.25) is 0 Å². The maximum atomic E-state index is 12.7. The van der Waals surface area contributed by atoms with Crippen LogP contribution in [0.1, 0.15) is 25.3 Å². The summed E-state index contributed by atoms with van der Waals surface area (Å²) >= 11 is 4.71. The maximum Gasteiger partial charge on any atom is 0.252 e. The van der Waals surface area contributed by atoms with Crippen molar-refractivity contribution >= 4 is 37.3 Å². The van der Waals surface area contributed by atoms with E-state index in [4.69, 9.17) is 0 Å². The summed E-state index contributed by atoms with van der Waals surface area (Å²) in [7, 11) is -3.35. The molecule has 2 rings (SSSR count). The van der Waals surface area contributed by atoms with Crippen LogP contribution in [-0.2, 0) is 10.0 Å². The number of halogens is 1. The Morgan fingerprint density at radius 1 is 1.45 bits per heavy atom. The molecule has 1 aromatic heterocycles. The van der Waals surface area contributed by atoms with Crippen LogP contribution in [-0.4, -0.2) is 38.9 Å². The van der Waals surface area contributed by atoms with E-state index >= 15 is 0 Å². The van der Waals surface area contributed by atoms with E-state index in [9.17, 15) is 8.42 Å². The lowest BCUT2D eigenvalue weighted by atomic mass is 9.98. The van der Waals surface area contributed by atoms with Crippen LogP contribution in [0.4, 0.5) is 0 Å². The molecule has 114 valence electrons. The summed E-state index contributed by atoms with van der Waals surface area (Å²) in [5, 5.41) is 3.32. The predicted molar refractivity (Wildman–Crippen MR) is 86.8 cm³/mol. The molecule has 1 N–H and O–H groups in total. The Balaban J connectivity index is 2.16. The first-order valence-corrected chi connectivity index (χ1v) is 9.97. The van der Waals surface area contributed by atoms with Crippen LogP contribution < -0.4 is 5.32 Å². The molecule has 4 nitrogen and oxygen atoms in total. The minimum atomic E-state index is -3.35. The van der Waals surface area contributed by atoms with Crippen molar-refractivity contribution in [3.05, 3.63) is 15.4 Å². The third-order valence-corrected chi connectivity index (χ3v) is 8.23. The molecule has 2 heterocycles. The molecule has 7 heteroatoms. The summed E-state index contributed by atoms with van der Waals surface area (Å²) in [5.74, 6) is 0.468. The fourth-order valence-electron chi connectivity index (χ4n) is 2.44. The van der Waals surface area contributed by atoms with E-state index in [0.717, 1.165) is 35.3 Å². The SMILES string of the molecule is CCN(CC1CCNCC1)S(=O)(=O)c1cc(C)c(Br)s1. The lowest BCUT2D eigenvalue weighted by molar-refractivity contribution is 0.294. The fraction of sp³-hybridized carbons (Fsp3) is 0.692. The van der Waals surface area contributed by atoms with Crippen molar-refractivity contribution in [3.63, 3.8) is 0 Å². The molecule has 1 aromatic rings. The van der Waals surface area contributed by atoms with E-state index in [1.165, 1.54) is 11.3 Å². The van der Waals surface area contributed by atoms with Crippen LogP contribution in [0.15, 0.2) is 14.1 Å². The van der Waals surface area contributed by atoms with Crippen LogP contribution >= 0.6 is 27.3 Å². The van der Waals surface area contributed by atoms with Crippen molar-refractivity contribution in [2.75, 3.05) is 26.2 Å². The van der Waals surface area contributed by atoms with Gasteiger partial charge in [0.1, 0.15) is 4.21 Å². The second kappa shape index (κ2) is 6.87. The van der Waals surface area contributed by atoms with Crippen molar-refractivity contribution in [2.45, 2.75) is 30.9 Å². The minimum absolute atomic E-state index is 0.442. The van der Waals surface area contributed by atoms with Crippen molar-refractivity contribution in [1.29, 1.82) is 0 Å². The second-order valence-electron chi connectivity index (χ2n) is 5.17.